The molecule has 7 heteroatoms. The second-order valence-corrected chi connectivity index (χ2v) is 5.61. The molecule has 0 aliphatic carbocycles. The molecule has 1 aromatic heterocycles. The zero-order valence-corrected chi connectivity index (χ0v) is 12.4. The van der Waals surface area contributed by atoms with Gasteiger partial charge in [-0.3, -0.25) is 19.8 Å². The van der Waals surface area contributed by atoms with E-state index >= 15 is 0 Å². The fraction of sp³-hybridized carbons (Fsp3) is 0.0667. The number of aromatic nitrogens is 1. The van der Waals surface area contributed by atoms with Gasteiger partial charge in [-0.25, -0.2) is 4.98 Å². The number of nitro benzene ring substituents is 1. The largest absolute Gasteiger partial charge is 0.287 e. The molecule has 0 fully saturated rings. The average Bonchev–Trinajstić information content (AvgIpc) is 2.97. The van der Waals surface area contributed by atoms with Gasteiger partial charge in [0.25, 0.3) is 11.6 Å². The molecule has 1 heterocycles. The van der Waals surface area contributed by atoms with Crippen LogP contribution >= 0.6 is 11.3 Å². The maximum absolute atomic E-state index is 12.5. The fourth-order valence-corrected chi connectivity index (χ4v) is 3.01. The van der Waals surface area contributed by atoms with Crippen LogP contribution in [0.25, 0.3) is 10.2 Å². The number of benzene rings is 2. The Morgan fingerprint density at radius 2 is 1.86 bits per heavy atom. The average molecular weight is 313 g/mol. The molecule has 2 aromatic carbocycles. The summed E-state index contributed by atoms with van der Waals surface area (Å²) in [6.07, 6.45) is 0. The van der Waals surface area contributed by atoms with Crippen LogP contribution in [0.15, 0.2) is 48.5 Å². The molecule has 0 unspecified atom stereocenters. The Morgan fingerprint density at radius 1 is 1.18 bits per heavy atom. The Labute approximate surface area is 129 Å². The number of carbonyl (C=O) groups is 1. The highest BCUT2D eigenvalue weighted by Gasteiger charge is 2.24. The van der Waals surface area contributed by atoms with Gasteiger partial charge >= 0.3 is 0 Å². The van der Waals surface area contributed by atoms with Gasteiger partial charge in [-0.15, -0.1) is 0 Å². The second kappa shape index (κ2) is 5.53. The van der Waals surface area contributed by atoms with Crippen molar-refractivity contribution in [1.29, 1.82) is 0 Å². The van der Waals surface area contributed by atoms with Crippen molar-refractivity contribution >= 4 is 38.3 Å². The lowest BCUT2D eigenvalue weighted by molar-refractivity contribution is -0.385. The highest BCUT2D eigenvalue weighted by molar-refractivity contribution is 7.22. The lowest BCUT2D eigenvalue weighted by Crippen LogP contribution is -2.26. The van der Waals surface area contributed by atoms with Gasteiger partial charge in [0, 0.05) is 13.1 Å². The van der Waals surface area contributed by atoms with E-state index in [4.69, 9.17) is 0 Å². The van der Waals surface area contributed by atoms with Crippen LogP contribution in [0.4, 0.5) is 10.8 Å². The van der Waals surface area contributed by atoms with Gasteiger partial charge in [-0.05, 0) is 18.2 Å². The minimum atomic E-state index is -0.556. The standard InChI is InChI=1S/C15H11N3O3S/c1-17(15-16-11-7-3-5-9-13(11)22-15)14(19)10-6-2-4-8-12(10)18(20)21/h2-9H,1H3. The summed E-state index contributed by atoms with van der Waals surface area (Å²) in [7, 11) is 1.57. The van der Waals surface area contributed by atoms with E-state index in [1.54, 1.807) is 13.1 Å². The van der Waals surface area contributed by atoms with E-state index in [9.17, 15) is 14.9 Å². The molecule has 0 atom stereocenters. The minimum absolute atomic E-state index is 0.0502. The van der Waals surface area contributed by atoms with E-state index < -0.39 is 10.8 Å². The van der Waals surface area contributed by atoms with E-state index in [0.29, 0.717) is 5.13 Å². The van der Waals surface area contributed by atoms with Gasteiger partial charge < -0.3 is 0 Å². The molecule has 0 aliphatic rings. The number of hydrogen-bond acceptors (Lipinski definition) is 5. The van der Waals surface area contributed by atoms with Crippen molar-refractivity contribution in [3.8, 4) is 0 Å². The van der Waals surface area contributed by atoms with E-state index in [1.165, 1.54) is 34.4 Å². The summed E-state index contributed by atoms with van der Waals surface area (Å²) in [5.74, 6) is -0.452. The quantitative estimate of drug-likeness (QED) is 0.548. The first-order chi connectivity index (χ1) is 10.6. The number of nitro groups is 1. The van der Waals surface area contributed by atoms with E-state index in [2.05, 4.69) is 4.98 Å². The summed E-state index contributed by atoms with van der Waals surface area (Å²) in [6, 6.07) is 13.4. The van der Waals surface area contributed by atoms with Crippen molar-refractivity contribution in [2.45, 2.75) is 0 Å². The van der Waals surface area contributed by atoms with Gasteiger partial charge in [0.15, 0.2) is 5.13 Å². The molecule has 22 heavy (non-hydrogen) atoms. The zero-order valence-electron chi connectivity index (χ0n) is 11.6. The number of carbonyl (C=O) groups excluding carboxylic acids is 1. The molecule has 0 bridgehead atoms. The third-order valence-electron chi connectivity index (χ3n) is 3.21. The maximum atomic E-state index is 12.5. The normalized spacial score (nSPS) is 10.6. The molecular weight excluding hydrogens is 302 g/mol. The number of rotatable bonds is 3. The number of hydrogen-bond donors (Lipinski definition) is 0. The maximum Gasteiger partial charge on any atom is 0.282 e. The molecule has 110 valence electrons. The van der Waals surface area contributed by atoms with Gasteiger partial charge in [0.05, 0.1) is 15.1 Å². The van der Waals surface area contributed by atoms with Crippen LogP contribution < -0.4 is 4.90 Å². The first-order valence-corrected chi connectivity index (χ1v) is 7.26. The summed E-state index contributed by atoms with van der Waals surface area (Å²) in [5, 5.41) is 11.6. The van der Waals surface area contributed by atoms with E-state index in [1.807, 2.05) is 24.3 Å². The van der Waals surface area contributed by atoms with E-state index in [0.717, 1.165) is 10.2 Å². The molecule has 3 rings (SSSR count). The molecule has 3 aromatic rings. The molecule has 0 spiro atoms. The van der Waals surface area contributed by atoms with Crippen molar-refractivity contribution in [2.75, 3.05) is 11.9 Å². The molecule has 0 N–H and O–H groups in total. The minimum Gasteiger partial charge on any atom is -0.287 e. The fourth-order valence-electron chi connectivity index (χ4n) is 2.08. The van der Waals surface area contributed by atoms with Crippen molar-refractivity contribution in [1.82, 2.24) is 4.98 Å². The van der Waals surface area contributed by atoms with Crippen molar-refractivity contribution < 1.29 is 9.72 Å². The summed E-state index contributed by atoms with van der Waals surface area (Å²) in [6.45, 7) is 0. The number of amides is 1. The molecule has 1 amide bonds. The summed E-state index contributed by atoms with van der Waals surface area (Å²) < 4.78 is 0.958. The molecule has 0 saturated carbocycles. The Balaban J connectivity index is 2.00. The molecular formula is C15H11N3O3S. The predicted molar refractivity (Wildman–Crippen MR) is 85.4 cm³/mol. The lowest BCUT2D eigenvalue weighted by Gasteiger charge is -2.13. The first-order valence-electron chi connectivity index (χ1n) is 6.45. The number of nitrogens with zero attached hydrogens (tertiary/aromatic N) is 3. The number of anilines is 1. The van der Waals surface area contributed by atoms with Crippen LogP contribution in [-0.4, -0.2) is 22.9 Å². The molecule has 0 radical (unpaired) electrons. The number of thiazole rings is 1. The highest BCUT2D eigenvalue weighted by atomic mass is 32.1. The smallest absolute Gasteiger partial charge is 0.282 e. The van der Waals surface area contributed by atoms with Crippen molar-refractivity contribution in [3.05, 3.63) is 64.2 Å². The molecule has 0 aliphatic heterocycles. The van der Waals surface area contributed by atoms with Crippen LogP contribution in [0.1, 0.15) is 10.4 Å². The van der Waals surface area contributed by atoms with Crippen LogP contribution in [0, 0.1) is 10.1 Å². The van der Waals surface area contributed by atoms with Gasteiger partial charge in [0.2, 0.25) is 0 Å². The van der Waals surface area contributed by atoms with Crippen LogP contribution in [-0.2, 0) is 0 Å². The van der Waals surface area contributed by atoms with Crippen LogP contribution in [0.5, 0.6) is 0 Å². The monoisotopic (exact) mass is 313 g/mol. The van der Waals surface area contributed by atoms with Gasteiger partial charge in [-0.2, -0.15) is 0 Å². The number of fused-ring (bicyclic) bond motifs is 1. The predicted octanol–water partition coefficient (Wildman–Crippen LogP) is 3.48. The number of para-hydroxylation sites is 2. The Kier molecular flexibility index (Phi) is 3.56. The van der Waals surface area contributed by atoms with Gasteiger partial charge in [0.1, 0.15) is 5.56 Å². The lowest BCUT2D eigenvalue weighted by atomic mass is 10.1. The molecule has 0 saturated heterocycles. The van der Waals surface area contributed by atoms with Crippen molar-refractivity contribution in [2.24, 2.45) is 0 Å². The molecule has 6 nitrogen and oxygen atoms in total. The zero-order chi connectivity index (χ0) is 15.7. The SMILES string of the molecule is CN(C(=O)c1ccccc1[N+](=O)[O-])c1nc2ccccc2s1. The van der Waals surface area contributed by atoms with Crippen LogP contribution in [0.2, 0.25) is 0 Å². The third-order valence-corrected chi connectivity index (χ3v) is 4.32. The van der Waals surface area contributed by atoms with E-state index in [-0.39, 0.29) is 11.3 Å². The second-order valence-electron chi connectivity index (χ2n) is 4.60. The van der Waals surface area contributed by atoms with Crippen LogP contribution in [0.3, 0.4) is 0 Å². The summed E-state index contributed by atoms with van der Waals surface area (Å²) in [4.78, 5) is 28.8. The topological polar surface area (TPSA) is 76.3 Å². The van der Waals surface area contributed by atoms with Crippen molar-refractivity contribution in [3.63, 3.8) is 0 Å². The Morgan fingerprint density at radius 3 is 2.59 bits per heavy atom. The summed E-state index contributed by atoms with van der Waals surface area (Å²) in [5.41, 5.74) is 0.638. The summed E-state index contributed by atoms with van der Waals surface area (Å²) >= 11 is 1.37. The first kappa shape index (κ1) is 14.2. The Hall–Kier alpha value is -2.80. The van der Waals surface area contributed by atoms with Gasteiger partial charge in [-0.1, -0.05) is 35.6 Å². The highest BCUT2D eigenvalue weighted by Crippen LogP contribution is 2.29. The Bertz CT molecular complexity index is 842. The third kappa shape index (κ3) is 2.42.